The molecule has 1 amide bonds. The van der Waals surface area contributed by atoms with Crippen molar-refractivity contribution in [2.24, 2.45) is 0 Å². The van der Waals surface area contributed by atoms with E-state index >= 15 is 0 Å². The predicted molar refractivity (Wildman–Crippen MR) is 133 cm³/mol. The minimum Gasteiger partial charge on any atom is -0.497 e. The fourth-order valence-electron chi connectivity index (χ4n) is 3.47. The quantitative estimate of drug-likeness (QED) is 0.327. The molecule has 4 aromatic rings. The highest BCUT2D eigenvalue weighted by Gasteiger charge is 2.18. The zero-order valence-corrected chi connectivity index (χ0v) is 19.4. The molecule has 2 heterocycles. The maximum atomic E-state index is 13.3. The summed E-state index contributed by atoms with van der Waals surface area (Å²) in [6.45, 7) is 3.85. The Kier molecular flexibility index (Phi) is 6.60. The van der Waals surface area contributed by atoms with Crippen LogP contribution in [0.15, 0.2) is 77.2 Å². The van der Waals surface area contributed by atoms with E-state index in [9.17, 15) is 14.9 Å². The van der Waals surface area contributed by atoms with Gasteiger partial charge in [0.15, 0.2) is 0 Å². The minimum atomic E-state index is -0.673. The third-order valence-corrected chi connectivity index (χ3v) is 5.27. The lowest BCUT2D eigenvalue weighted by atomic mass is 10.1. The average Bonchev–Trinajstić information content (AvgIpc) is 2.86. The number of aryl methyl sites for hydroxylation is 2. The summed E-state index contributed by atoms with van der Waals surface area (Å²) in [6, 6.07) is 19.3. The number of ether oxygens (including phenoxy) is 2. The summed E-state index contributed by atoms with van der Waals surface area (Å²) < 4.78 is 12.5. The van der Waals surface area contributed by atoms with Gasteiger partial charge in [0.1, 0.15) is 34.4 Å². The summed E-state index contributed by atoms with van der Waals surface area (Å²) in [7, 11) is 1.54. The van der Waals surface area contributed by atoms with E-state index in [0.29, 0.717) is 22.8 Å². The van der Waals surface area contributed by atoms with Gasteiger partial charge < -0.3 is 14.8 Å². The molecule has 8 heteroatoms. The number of rotatable bonds is 6. The zero-order chi connectivity index (χ0) is 24.9. The van der Waals surface area contributed by atoms with Gasteiger partial charge in [0.2, 0.25) is 5.88 Å². The van der Waals surface area contributed by atoms with Gasteiger partial charge in [-0.1, -0.05) is 23.8 Å². The summed E-state index contributed by atoms with van der Waals surface area (Å²) in [6.07, 6.45) is 2.76. The van der Waals surface area contributed by atoms with E-state index in [2.05, 4.69) is 10.3 Å². The molecule has 2 aromatic heterocycles. The number of carbonyl (C=O) groups excluding carboxylic acids is 1. The summed E-state index contributed by atoms with van der Waals surface area (Å²) in [4.78, 5) is 30.6. The Morgan fingerprint density at radius 3 is 2.57 bits per heavy atom. The second-order valence-electron chi connectivity index (χ2n) is 7.79. The Bertz CT molecular complexity index is 1550. The molecular formula is C27H22N4O4. The standard InChI is InChI=1S/C27H22N4O4/c1-17-7-12-23(18(2)14-17)35-26-22(27(33)31-13-5-4-6-24(31)30-26)15-19(16-28)25(32)29-20-8-10-21(34-3)11-9-20/h4-15H,1-3H3,(H,29,32). The maximum Gasteiger partial charge on any atom is 0.269 e. The van der Waals surface area contributed by atoms with Crippen LogP contribution in [0.1, 0.15) is 16.7 Å². The third-order valence-electron chi connectivity index (χ3n) is 5.27. The Morgan fingerprint density at radius 2 is 1.89 bits per heavy atom. The van der Waals surface area contributed by atoms with Crippen LogP contribution in [0.2, 0.25) is 0 Å². The summed E-state index contributed by atoms with van der Waals surface area (Å²) in [5.41, 5.74) is 1.99. The summed E-state index contributed by atoms with van der Waals surface area (Å²) in [5.74, 6) is 0.465. The lowest BCUT2D eigenvalue weighted by Gasteiger charge is -2.12. The first-order valence-electron chi connectivity index (χ1n) is 10.7. The minimum absolute atomic E-state index is 0.00171. The molecule has 0 aliphatic rings. The number of amides is 1. The summed E-state index contributed by atoms with van der Waals surface area (Å²) >= 11 is 0. The van der Waals surface area contributed by atoms with Crippen LogP contribution >= 0.6 is 0 Å². The van der Waals surface area contributed by atoms with E-state index < -0.39 is 11.5 Å². The van der Waals surface area contributed by atoms with Crippen LogP contribution in [0.25, 0.3) is 11.7 Å². The normalized spacial score (nSPS) is 11.1. The number of pyridine rings is 1. The van der Waals surface area contributed by atoms with Crippen LogP contribution in [-0.2, 0) is 4.79 Å². The lowest BCUT2D eigenvalue weighted by Crippen LogP contribution is -2.20. The molecule has 4 rings (SSSR count). The number of nitriles is 1. The van der Waals surface area contributed by atoms with Crippen molar-refractivity contribution in [3.05, 3.63) is 99.5 Å². The number of nitrogens with one attached hydrogen (secondary N) is 1. The van der Waals surface area contributed by atoms with E-state index in [-0.39, 0.29) is 17.0 Å². The number of aromatic nitrogens is 2. The Balaban J connectivity index is 1.78. The van der Waals surface area contributed by atoms with Crippen molar-refractivity contribution in [2.75, 3.05) is 12.4 Å². The highest BCUT2D eigenvalue weighted by Crippen LogP contribution is 2.27. The second-order valence-corrected chi connectivity index (χ2v) is 7.79. The van der Waals surface area contributed by atoms with Crippen molar-refractivity contribution in [1.82, 2.24) is 9.38 Å². The molecule has 1 N–H and O–H groups in total. The molecule has 35 heavy (non-hydrogen) atoms. The molecule has 0 unspecified atom stereocenters. The molecule has 0 radical (unpaired) electrons. The van der Waals surface area contributed by atoms with Crippen molar-refractivity contribution in [2.45, 2.75) is 13.8 Å². The van der Waals surface area contributed by atoms with Gasteiger partial charge >= 0.3 is 0 Å². The largest absolute Gasteiger partial charge is 0.497 e. The third kappa shape index (κ3) is 5.04. The van der Waals surface area contributed by atoms with Crippen LogP contribution in [-0.4, -0.2) is 22.4 Å². The zero-order valence-electron chi connectivity index (χ0n) is 19.4. The van der Waals surface area contributed by atoms with Gasteiger partial charge in [-0.25, -0.2) is 0 Å². The summed E-state index contributed by atoms with van der Waals surface area (Å²) in [5, 5.41) is 12.4. The van der Waals surface area contributed by atoms with E-state index in [1.807, 2.05) is 32.0 Å². The molecule has 0 atom stereocenters. The van der Waals surface area contributed by atoms with E-state index in [4.69, 9.17) is 9.47 Å². The van der Waals surface area contributed by atoms with Crippen molar-refractivity contribution < 1.29 is 14.3 Å². The van der Waals surface area contributed by atoms with Crippen LogP contribution in [0.3, 0.4) is 0 Å². The van der Waals surface area contributed by atoms with Gasteiger partial charge in [0.25, 0.3) is 11.5 Å². The molecule has 2 aromatic carbocycles. The highest BCUT2D eigenvalue weighted by atomic mass is 16.5. The number of carbonyl (C=O) groups is 1. The monoisotopic (exact) mass is 466 g/mol. The van der Waals surface area contributed by atoms with Crippen LogP contribution in [0.4, 0.5) is 5.69 Å². The van der Waals surface area contributed by atoms with Crippen molar-refractivity contribution in [3.8, 4) is 23.4 Å². The number of benzene rings is 2. The number of nitrogens with zero attached hydrogens (tertiary/aromatic N) is 3. The van der Waals surface area contributed by atoms with Gasteiger partial charge in [0.05, 0.1) is 7.11 Å². The van der Waals surface area contributed by atoms with Gasteiger partial charge in [-0.3, -0.25) is 14.0 Å². The Morgan fingerprint density at radius 1 is 1.11 bits per heavy atom. The van der Waals surface area contributed by atoms with E-state index in [1.54, 1.807) is 54.7 Å². The smallest absolute Gasteiger partial charge is 0.269 e. The fraction of sp³-hybridized carbons (Fsp3) is 0.111. The van der Waals surface area contributed by atoms with Crippen molar-refractivity contribution in [3.63, 3.8) is 0 Å². The number of hydrogen-bond donors (Lipinski definition) is 1. The molecule has 0 spiro atoms. The number of hydrogen-bond acceptors (Lipinski definition) is 6. The number of fused-ring (bicyclic) bond motifs is 1. The molecule has 0 aliphatic heterocycles. The van der Waals surface area contributed by atoms with Gasteiger partial charge in [0, 0.05) is 11.9 Å². The Hall–Kier alpha value is -4.90. The molecule has 0 aliphatic carbocycles. The first kappa shape index (κ1) is 23.3. The first-order valence-corrected chi connectivity index (χ1v) is 10.7. The van der Waals surface area contributed by atoms with Crippen molar-refractivity contribution in [1.29, 1.82) is 5.26 Å². The van der Waals surface area contributed by atoms with Crippen LogP contribution in [0.5, 0.6) is 17.4 Å². The number of methoxy groups -OCH3 is 1. The molecular weight excluding hydrogens is 444 g/mol. The average molecular weight is 466 g/mol. The van der Waals surface area contributed by atoms with E-state index in [1.165, 1.54) is 17.6 Å². The molecule has 0 fully saturated rings. The van der Waals surface area contributed by atoms with Crippen LogP contribution in [0, 0.1) is 25.2 Å². The first-order chi connectivity index (χ1) is 16.9. The van der Waals surface area contributed by atoms with Gasteiger partial charge in [-0.05, 0) is 68.0 Å². The highest BCUT2D eigenvalue weighted by molar-refractivity contribution is 6.09. The lowest BCUT2D eigenvalue weighted by molar-refractivity contribution is -0.112. The molecule has 0 bridgehead atoms. The second kappa shape index (κ2) is 9.93. The fourth-order valence-corrected chi connectivity index (χ4v) is 3.47. The molecule has 0 saturated carbocycles. The Labute approximate surface area is 201 Å². The molecule has 0 saturated heterocycles. The van der Waals surface area contributed by atoms with Crippen LogP contribution < -0.4 is 20.3 Å². The maximum absolute atomic E-state index is 13.3. The van der Waals surface area contributed by atoms with Crippen molar-refractivity contribution >= 4 is 23.3 Å². The van der Waals surface area contributed by atoms with Gasteiger partial charge in [-0.15, -0.1) is 0 Å². The van der Waals surface area contributed by atoms with Gasteiger partial charge in [-0.2, -0.15) is 10.2 Å². The predicted octanol–water partition coefficient (Wildman–Crippen LogP) is 4.66. The molecule has 8 nitrogen and oxygen atoms in total. The SMILES string of the molecule is COc1ccc(NC(=O)C(C#N)=Cc2c(Oc3ccc(C)cc3C)nc3ccccn3c2=O)cc1. The van der Waals surface area contributed by atoms with E-state index in [0.717, 1.165) is 11.1 Å². The topological polar surface area (TPSA) is 106 Å². The molecule has 174 valence electrons. The number of anilines is 1.